The van der Waals surface area contributed by atoms with Crippen LogP contribution in [0.4, 0.5) is 35.1 Å². The highest BCUT2D eigenvalue weighted by Gasteiger charge is 2.49. The molecule has 38 heavy (non-hydrogen) atoms. The first kappa shape index (κ1) is 28.1. The average Bonchev–Trinajstić information content (AvgIpc) is 2.82. The van der Waals surface area contributed by atoms with Crippen LogP contribution in [0.1, 0.15) is 62.5 Å². The second kappa shape index (κ2) is 11.0. The van der Waals surface area contributed by atoms with E-state index < -0.39 is 41.0 Å². The van der Waals surface area contributed by atoms with E-state index in [0.717, 1.165) is 30.4 Å². The molecule has 0 atom stereocenters. The molecule has 0 amide bonds. The van der Waals surface area contributed by atoms with E-state index in [-0.39, 0.29) is 5.56 Å². The van der Waals surface area contributed by atoms with Gasteiger partial charge in [0.15, 0.2) is 0 Å². The van der Waals surface area contributed by atoms with Crippen molar-refractivity contribution in [3.63, 3.8) is 0 Å². The van der Waals surface area contributed by atoms with Gasteiger partial charge in [0.2, 0.25) is 0 Å². The van der Waals surface area contributed by atoms with E-state index in [4.69, 9.17) is 0 Å². The van der Waals surface area contributed by atoms with E-state index in [2.05, 4.69) is 11.7 Å². The molecule has 1 fully saturated rings. The SMILES string of the molecule is CCCC1CCC(c2ccc(-c3ccc(-c4cc(F)c(C(F)(F)OC(F)(F)F)c(F)c4)c(F)c3)cc2)CC1. The summed E-state index contributed by atoms with van der Waals surface area (Å²) in [5, 5.41) is 0. The third kappa shape index (κ3) is 6.37. The summed E-state index contributed by atoms with van der Waals surface area (Å²) in [6.45, 7) is 2.20. The lowest BCUT2D eigenvalue weighted by molar-refractivity contribution is -0.432. The Bertz CT molecular complexity index is 1240. The summed E-state index contributed by atoms with van der Waals surface area (Å²) < 4.78 is 110. The second-order valence-corrected chi connectivity index (χ2v) is 9.70. The average molecular weight is 543 g/mol. The lowest BCUT2D eigenvalue weighted by atomic mass is 9.77. The molecular formula is C29H26F8O. The van der Waals surface area contributed by atoms with Crippen molar-refractivity contribution in [1.29, 1.82) is 0 Å². The number of benzene rings is 3. The minimum Gasteiger partial charge on any atom is -0.222 e. The maximum Gasteiger partial charge on any atom is 0.527 e. The monoisotopic (exact) mass is 542 g/mol. The minimum atomic E-state index is -5.84. The zero-order chi connectivity index (χ0) is 27.7. The van der Waals surface area contributed by atoms with Crippen LogP contribution in [0, 0.1) is 23.4 Å². The number of halogens is 8. The van der Waals surface area contributed by atoms with Crippen molar-refractivity contribution in [2.24, 2.45) is 5.92 Å². The van der Waals surface area contributed by atoms with E-state index in [9.17, 15) is 35.1 Å². The van der Waals surface area contributed by atoms with Crippen LogP contribution in [0.15, 0.2) is 54.6 Å². The van der Waals surface area contributed by atoms with Gasteiger partial charge >= 0.3 is 12.5 Å². The van der Waals surface area contributed by atoms with Crippen LogP contribution in [0.25, 0.3) is 22.3 Å². The summed E-state index contributed by atoms with van der Waals surface area (Å²) in [6.07, 6.45) is -4.01. The summed E-state index contributed by atoms with van der Waals surface area (Å²) in [5.74, 6) is -3.61. The number of hydrogen-bond donors (Lipinski definition) is 0. The van der Waals surface area contributed by atoms with Crippen LogP contribution in [-0.4, -0.2) is 6.36 Å². The summed E-state index contributed by atoms with van der Waals surface area (Å²) in [6, 6.07) is 12.3. The number of hydrogen-bond acceptors (Lipinski definition) is 1. The molecule has 0 radical (unpaired) electrons. The molecule has 4 rings (SSSR count). The third-order valence-electron chi connectivity index (χ3n) is 7.12. The van der Waals surface area contributed by atoms with Crippen LogP contribution < -0.4 is 0 Å². The maximum atomic E-state index is 14.9. The molecule has 0 N–H and O–H groups in total. The molecule has 3 aromatic rings. The molecule has 0 saturated heterocycles. The molecule has 0 heterocycles. The summed E-state index contributed by atoms with van der Waals surface area (Å²) >= 11 is 0. The van der Waals surface area contributed by atoms with Crippen LogP contribution in [0.3, 0.4) is 0 Å². The zero-order valence-corrected chi connectivity index (χ0v) is 20.5. The van der Waals surface area contributed by atoms with Crippen molar-refractivity contribution in [2.45, 2.75) is 63.8 Å². The van der Waals surface area contributed by atoms with E-state index >= 15 is 0 Å². The second-order valence-electron chi connectivity index (χ2n) is 9.70. The topological polar surface area (TPSA) is 9.23 Å². The molecule has 1 aliphatic carbocycles. The lowest BCUT2D eigenvalue weighted by Crippen LogP contribution is -2.29. The fourth-order valence-corrected chi connectivity index (χ4v) is 5.27. The third-order valence-corrected chi connectivity index (χ3v) is 7.12. The quantitative estimate of drug-likeness (QED) is 0.270. The van der Waals surface area contributed by atoms with Gasteiger partial charge in [0, 0.05) is 5.56 Å². The molecule has 0 spiro atoms. The number of ether oxygens (including phenoxy) is 1. The fourth-order valence-electron chi connectivity index (χ4n) is 5.27. The van der Waals surface area contributed by atoms with Gasteiger partial charge in [-0.1, -0.05) is 56.2 Å². The predicted molar refractivity (Wildman–Crippen MR) is 128 cm³/mol. The molecule has 1 saturated carbocycles. The Balaban J connectivity index is 1.53. The molecule has 1 nitrogen and oxygen atoms in total. The van der Waals surface area contributed by atoms with E-state index in [1.54, 1.807) is 0 Å². The first-order valence-electron chi connectivity index (χ1n) is 12.4. The van der Waals surface area contributed by atoms with Gasteiger partial charge in [-0.2, -0.15) is 8.78 Å². The van der Waals surface area contributed by atoms with Gasteiger partial charge in [-0.25, -0.2) is 17.9 Å². The standard InChI is InChI=1S/C29H26F8O/c1-2-3-17-4-6-18(7-5-17)19-8-10-20(11-9-19)21-12-13-23(24(30)14-21)22-15-25(31)27(26(32)16-22)28(33,34)38-29(35,36)37/h8-18H,2-7H2,1H3. The highest BCUT2D eigenvalue weighted by Crippen LogP contribution is 2.41. The van der Waals surface area contributed by atoms with Crippen LogP contribution >= 0.6 is 0 Å². The van der Waals surface area contributed by atoms with Gasteiger partial charge in [-0.05, 0) is 78.0 Å². The molecular weight excluding hydrogens is 516 g/mol. The summed E-state index contributed by atoms with van der Waals surface area (Å²) in [5.41, 5.74) is -0.543. The van der Waals surface area contributed by atoms with Crippen molar-refractivity contribution in [1.82, 2.24) is 0 Å². The van der Waals surface area contributed by atoms with Crippen molar-refractivity contribution in [3.05, 3.63) is 83.2 Å². The Morgan fingerprint density at radius 1 is 0.711 bits per heavy atom. The van der Waals surface area contributed by atoms with Crippen molar-refractivity contribution >= 4 is 0 Å². The Morgan fingerprint density at radius 3 is 1.79 bits per heavy atom. The molecule has 9 heteroatoms. The minimum absolute atomic E-state index is 0.307. The van der Waals surface area contributed by atoms with Gasteiger partial charge < -0.3 is 0 Å². The van der Waals surface area contributed by atoms with Crippen LogP contribution in [0.2, 0.25) is 0 Å². The molecule has 204 valence electrons. The van der Waals surface area contributed by atoms with Crippen molar-refractivity contribution in [2.75, 3.05) is 0 Å². The highest BCUT2D eigenvalue weighted by atomic mass is 19.4. The Kier molecular flexibility index (Phi) is 8.16. The van der Waals surface area contributed by atoms with Crippen molar-refractivity contribution in [3.8, 4) is 22.3 Å². The smallest absolute Gasteiger partial charge is 0.222 e. The highest BCUT2D eigenvalue weighted by molar-refractivity contribution is 5.71. The van der Waals surface area contributed by atoms with Gasteiger partial charge in [-0.15, -0.1) is 13.2 Å². The van der Waals surface area contributed by atoms with Crippen LogP contribution in [0.5, 0.6) is 0 Å². The molecule has 3 aromatic carbocycles. The maximum absolute atomic E-state index is 14.9. The van der Waals surface area contributed by atoms with E-state index in [1.807, 2.05) is 24.3 Å². The van der Waals surface area contributed by atoms with Gasteiger partial charge in [0.05, 0.1) is 0 Å². The van der Waals surface area contributed by atoms with Gasteiger partial charge in [0.1, 0.15) is 23.0 Å². The first-order valence-corrected chi connectivity index (χ1v) is 12.4. The number of alkyl halides is 5. The summed E-state index contributed by atoms with van der Waals surface area (Å²) in [4.78, 5) is 0. The first-order chi connectivity index (χ1) is 17.9. The number of rotatable bonds is 7. The Morgan fingerprint density at radius 2 is 1.26 bits per heavy atom. The zero-order valence-electron chi connectivity index (χ0n) is 20.5. The van der Waals surface area contributed by atoms with Crippen molar-refractivity contribution < 1.29 is 39.9 Å². The van der Waals surface area contributed by atoms with Gasteiger partial charge in [0.25, 0.3) is 0 Å². The normalized spacial score (nSPS) is 18.6. The van der Waals surface area contributed by atoms with E-state index in [0.29, 0.717) is 23.6 Å². The van der Waals surface area contributed by atoms with Gasteiger partial charge in [-0.3, -0.25) is 0 Å². The largest absolute Gasteiger partial charge is 0.527 e. The summed E-state index contributed by atoms with van der Waals surface area (Å²) in [7, 11) is 0. The Labute approximate surface area is 215 Å². The molecule has 0 unspecified atom stereocenters. The molecule has 0 aliphatic heterocycles. The molecule has 1 aliphatic rings. The predicted octanol–water partition coefficient (Wildman–Crippen LogP) is 10.1. The fraction of sp³-hybridized carbons (Fsp3) is 0.379. The van der Waals surface area contributed by atoms with Crippen LogP contribution in [-0.2, 0) is 10.8 Å². The Hall–Kier alpha value is -2.94. The lowest BCUT2D eigenvalue weighted by Gasteiger charge is -2.28. The molecule has 0 bridgehead atoms. The van der Waals surface area contributed by atoms with E-state index in [1.165, 1.54) is 43.4 Å². The molecule has 0 aromatic heterocycles.